The molecule has 1 fully saturated rings. The summed E-state index contributed by atoms with van der Waals surface area (Å²) in [6.45, 7) is 3.27. The third-order valence-corrected chi connectivity index (χ3v) is 3.64. The fraction of sp³-hybridized carbons (Fsp3) is 0.357. The van der Waals surface area contributed by atoms with E-state index in [2.05, 4.69) is 15.2 Å². The molecule has 0 amide bonds. The molecule has 0 aliphatic carbocycles. The maximum atomic E-state index is 6.10. The first-order valence-electron chi connectivity index (χ1n) is 6.38. The number of morpholine rings is 1. The van der Waals surface area contributed by atoms with E-state index >= 15 is 0 Å². The molecular weight excluding hydrogens is 262 g/mol. The number of fused-ring (bicyclic) bond motifs is 1. The predicted molar refractivity (Wildman–Crippen MR) is 79.3 cm³/mol. The summed E-state index contributed by atoms with van der Waals surface area (Å²) in [4.78, 5) is 6.86. The second-order valence-electron chi connectivity index (χ2n) is 4.53. The van der Waals surface area contributed by atoms with Gasteiger partial charge in [0, 0.05) is 35.9 Å². The topological polar surface area (TPSA) is 37.4 Å². The normalized spacial score (nSPS) is 15.8. The van der Waals surface area contributed by atoms with E-state index in [-0.39, 0.29) is 0 Å². The highest BCUT2D eigenvalue weighted by atomic mass is 35.5. The van der Waals surface area contributed by atoms with Crippen LogP contribution in [0, 0.1) is 0 Å². The zero-order chi connectivity index (χ0) is 13.2. The summed E-state index contributed by atoms with van der Waals surface area (Å²) in [5.74, 6) is 1.01. The van der Waals surface area contributed by atoms with Crippen molar-refractivity contribution in [3.63, 3.8) is 0 Å². The molecule has 1 aliphatic rings. The zero-order valence-corrected chi connectivity index (χ0v) is 11.6. The highest BCUT2D eigenvalue weighted by Crippen LogP contribution is 2.32. The number of benzene rings is 1. The van der Waals surface area contributed by atoms with Crippen LogP contribution >= 0.6 is 11.6 Å². The minimum absolute atomic E-state index is 0.739. The summed E-state index contributed by atoms with van der Waals surface area (Å²) < 4.78 is 5.39. The first kappa shape index (κ1) is 12.5. The Balaban J connectivity index is 2.14. The van der Waals surface area contributed by atoms with E-state index in [4.69, 9.17) is 16.3 Å². The second kappa shape index (κ2) is 5.23. The lowest BCUT2D eigenvalue weighted by atomic mass is 10.1. The van der Waals surface area contributed by atoms with Crippen LogP contribution in [0.25, 0.3) is 10.8 Å². The van der Waals surface area contributed by atoms with E-state index in [0.717, 1.165) is 53.6 Å². The third-order valence-electron chi connectivity index (χ3n) is 3.41. The number of halogens is 1. The van der Waals surface area contributed by atoms with Gasteiger partial charge < -0.3 is 15.0 Å². The highest BCUT2D eigenvalue weighted by molar-refractivity contribution is 6.31. The van der Waals surface area contributed by atoms with E-state index in [0.29, 0.717) is 0 Å². The van der Waals surface area contributed by atoms with Crippen molar-refractivity contribution in [2.45, 2.75) is 0 Å². The van der Waals surface area contributed by atoms with E-state index in [1.165, 1.54) is 0 Å². The molecule has 0 atom stereocenters. The van der Waals surface area contributed by atoms with E-state index in [9.17, 15) is 0 Å². The summed E-state index contributed by atoms with van der Waals surface area (Å²) in [5.41, 5.74) is 0.995. The fourth-order valence-corrected chi connectivity index (χ4v) is 2.60. The lowest BCUT2D eigenvalue weighted by molar-refractivity contribution is 0.122. The predicted octanol–water partition coefficient (Wildman–Crippen LogP) is 2.77. The van der Waals surface area contributed by atoms with Crippen molar-refractivity contribution >= 4 is 33.9 Å². The number of hydrogen-bond acceptors (Lipinski definition) is 4. The van der Waals surface area contributed by atoms with Crippen LogP contribution in [0.1, 0.15) is 0 Å². The first-order chi connectivity index (χ1) is 9.29. The van der Waals surface area contributed by atoms with E-state index < -0.39 is 0 Å². The molecule has 19 heavy (non-hydrogen) atoms. The van der Waals surface area contributed by atoms with Crippen LogP contribution in [0.2, 0.25) is 5.02 Å². The molecule has 0 radical (unpaired) electrons. The van der Waals surface area contributed by atoms with Crippen LogP contribution in [-0.4, -0.2) is 38.3 Å². The molecule has 0 unspecified atom stereocenters. The molecule has 1 aliphatic heterocycles. The molecule has 3 rings (SSSR count). The van der Waals surface area contributed by atoms with Gasteiger partial charge in [-0.3, -0.25) is 0 Å². The molecule has 5 heteroatoms. The number of rotatable bonds is 2. The standard InChI is InChI=1S/C14H16ClN3O/c1-16-13-9-17-14(18-4-6-19-7-5-18)11-3-2-10(15)8-12(11)13/h2-3,8-9,16H,4-7H2,1H3. The summed E-state index contributed by atoms with van der Waals surface area (Å²) in [6.07, 6.45) is 1.86. The average molecular weight is 278 g/mol. The smallest absolute Gasteiger partial charge is 0.136 e. The average Bonchev–Trinajstić information content (AvgIpc) is 2.47. The molecule has 0 spiro atoms. The van der Waals surface area contributed by atoms with Crippen LogP contribution in [0.4, 0.5) is 11.5 Å². The second-order valence-corrected chi connectivity index (χ2v) is 4.97. The molecule has 0 bridgehead atoms. The van der Waals surface area contributed by atoms with Crippen molar-refractivity contribution in [1.82, 2.24) is 4.98 Å². The Bertz CT molecular complexity index is 597. The maximum absolute atomic E-state index is 6.10. The van der Waals surface area contributed by atoms with E-state index in [1.54, 1.807) is 0 Å². The van der Waals surface area contributed by atoms with Crippen LogP contribution < -0.4 is 10.2 Å². The SMILES string of the molecule is CNc1cnc(N2CCOCC2)c2ccc(Cl)cc12. The molecule has 1 aromatic heterocycles. The summed E-state index contributed by atoms with van der Waals surface area (Å²) in [7, 11) is 1.89. The van der Waals surface area contributed by atoms with Crippen LogP contribution in [0.15, 0.2) is 24.4 Å². The van der Waals surface area contributed by atoms with Crippen molar-refractivity contribution in [1.29, 1.82) is 0 Å². The van der Waals surface area contributed by atoms with Gasteiger partial charge in [0.25, 0.3) is 0 Å². The molecule has 1 N–H and O–H groups in total. The lowest BCUT2D eigenvalue weighted by Gasteiger charge is -2.29. The van der Waals surface area contributed by atoms with Gasteiger partial charge in [-0.2, -0.15) is 0 Å². The van der Waals surface area contributed by atoms with Crippen LogP contribution in [0.3, 0.4) is 0 Å². The number of pyridine rings is 1. The Kier molecular flexibility index (Phi) is 3.44. The van der Waals surface area contributed by atoms with Crippen LogP contribution in [0.5, 0.6) is 0 Å². The first-order valence-corrected chi connectivity index (χ1v) is 6.76. The number of nitrogens with one attached hydrogen (secondary N) is 1. The minimum atomic E-state index is 0.739. The van der Waals surface area contributed by atoms with E-state index in [1.807, 2.05) is 31.4 Å². The van der Waals surface area contributed by atoms with Gasteiger partial charge in [-0.1, -0.05) is 11.6 Å². The van der Waals surface area contributed by atoms with Gasteiger partial charge in [-0.05, 0) is 18.2 Å². The minimum Gasteiger partial charge on any atom is -0.386 e. The quantitative estimate of drug-likeness (QED) is 0.916. The fourth-order valence-electron chi connectivity index (χ4n) is 2.43. The maximum Gasteiger partial charge on any atom is 0.136 e. The third kappa shape index (κ3) is 2.33. The van der Waals surface area contributed by atoms with Gasteiger partial charge in [-0.15, -0.1) is 0 Å². The Morgan fingerprint density at radius 3 is 2.79 bits per heavy atom. The van der Waals surface area contributed by atoms with Crippen molar-refractivity contribution in [3.05, 3.63) is 29.4 Å². The van der Waals surface area contributed by atoms with Crippen LogP contribution in [-0.2, 0) is 4.74 Å². The molecular formula is C14H16ClN3O. The number of aromatic nitrogens is 1. The van der Waals surface area contributed by atoms with Crippen molar-refractivity contribution in [2.24, 2.45) is 0 Å². The molecule has 2 aromatic rings. The zero-order valence-electron chi connectivity index (χ0n) is 10.8. The molecule has 1 aromatic carbocycles. The monoisotopic (exact) mass is 277 g/mol. The van der Waals surface area contributed by atoms with Crippen molar-refractivity contribution in [2.75, 3.05) is 43.6 Å². The molecule has 100 valence electrons. The number of ether oxygens (including phenoxy) is 1. The molecule has 2 heterocycles. The number of nitrogens with zero attached hydrogens (tertiary/aromatic N) is 2. The lowest BCUT2D eigenvalue weighted by Crippen LogP contribution is -2.36. The molecule has 0 saturated carbocycles. The Morgan fingerprint density at radius 2 is 2.05 bits per heavy atom. The summed E-state index contributed by atoms with van der Waals surface area (Å²) in [6, 6.07) is 5.93. The molecule has 1 saturated heterocycles. The Hall–Kier alpha value is -1.52. The van der Waals surface area contributed by atoms with Gasteiger partial charge >= 0.3 is 0 Å². The Morgan fingerprint density at radius 1 is 1.26 bits per heavy atom. The summed E-state index contributed by atoms with van der Waals surface area (Å²) >= 11 is 6.10. The number of hydrogen-bond donors (Lipinski definition) is 1. The Labute approximate surface area is 117 Å². The summed E-state index contributed by atoms with van der Waals surface area (Å²) in [5, 5.41) is 6.13. The van der Waals surface area contributed by atoms with Gasteiger partial charge in [0.05, 0.1) is 25.1 Å². The van der Waals surface area contributed by atoms with Gasteiger partial charge in [-0.25, -0.2) is 4.98 Å². The van der Waals surface area contributed by atoms with Gasteiger partial charge in [0.15, 0.2) is 0 Å². The van der Waals surface area contributed by atoms with Crippen molar-refractivity contribution < 1.29 is 4.74 Å². The largest absolute Gasteiger partial charge is 0.386 e. The van der Waals surface area contributed by atoms with Crippen molar-refractivity contribution in [3.8, 4) is 0 Å². The molecule has 4 nitrogen and oxygen atoms in total. The van der Waals surface area contributed by atoms with Gasteiger partial charge in [0.1, 0.15) is 5.82 Å². The number of anilines is 2. The highest BCUT2D eigenvalue weighted by Gasteiger charge is 2.16. The van der Waals surface area contributed by atoms with Gasteiger partial charge in [0.2, 0.25) is 0 Å².